The first-order valence-corrected chi connectivity index (χ1v) is 5.80. The predicted molar refractivity (Wildman–Crippen MR) is 61.4 cm³/mol. The SMILES string of the molecule is Cc1ncc(CNC(CN)C(C)C)s1. The van der Waals surface area contributed by atoms with Crippen molar-refractivity contribution < 1.29 is 0 Å². The van der Waals surface area contributed by atoms with Gasteiger partial charge in [-0.1, -0.05) is 13.8 Å². The highest BCUT2D eigenvalue weighted by Crippen LogP contribution is 2.11. The van der Waals surface area contributed by atoms with E-state index in [9.17, 15) is 0 Å². The van der Waals surface area contributed by atoms with Gasteiger partial charge in [-0.05, 0) is 12.8 Å². The Bertz CT molecular complexity index is 270. The van der Waals surface area contributed by atoms with Crippen molar-refractivity contribution in [2.75, 3.05) is 6.54 Å². The number of thiazole rings is 1. The van der Waals surface area contributed by atoms with Crippen LogP contribution < -0.4 is 11.1 Å². The molecule has 0 radical (unpaired) electrons. The lowest BCUT2D eigenvalue weighted by Crippen LogP contribution is -2.39. The van der Waals surface area contributed by atoms with Gasteiger partial charge in [-0.25, -0.2) is 4.98 Å². The maximum atomic E-state index is 5.67. The van der Waals surface area contributed by atoms with E-state index < -0.39 is 0 Å². The fourth-order valence-electron chi connectivity index (χ4n) is 1.31. The van der Waals surface area contributed by atoms with Gasteiger partial charge in [-0.3, -0.25) is 0 Å². The van der Waals surface area contributed by atoms with Gasteiger partial charge >= 0.3 is 0 Å². The van der Waals surface area contributed by atoms with Crippen molar-refractivity contribution in [2.24, 2.45) is 11.7 Å². The third-order valence-corrected chi connectivity index (χ3v) is 3.18. The van der Waals surface area contributed by atoms with Crippen LogP contribution in [-0.4, -0.2) is 17.6 Å². The van der Waals surface area contributed by atoms with E-state index >= 15 is 0 Å². The van der Waals surface area contributed by atoms with Crippen LogP contribution in [0.1, 0.15) is 23.7 Å². The van der Waals surface area contributed by atoms with Crippen LogP contribution >= 0.6 is 11.3 Å². The van der Waals surface area contributed by atoms with Crippen LogP contribution in [0.25, 0.3) is 0 Å². The lowest BCUT2D eigenvalue weighted by molar-refractivity contribution is 0.406. The van der Waals surface area contributed by atoms with Crippen molar-refractivity contribution in [1.29, 1.82) is 0 Å². The van der Waals surface area contributed by atoms with Gasteiger partial charge in [-0.15, -0.1) is 11.3 Å². The van der Waals surface area contributed by atoms with E-state index in [0.717, 1.165) is 11.6 Å². The minimum atomic E-state index is 0.400. The zero-order valence-electron chi connectivity index (χ0n) is 9.08. The topological polar surface area (TPSA) is 50.9 Å². The average Bonchev–Trinajstić information content (AvgIpc) is 2.52. The van der Waals surface area contributed by atoms with Crippen molar-refractivity contribution in [1.82, 2.24) is 10.3 Å². The second-order valence-corrected chi connectivity index (χ2v) is 5.13. The van der Waals surface area contributed by atoms with Crippen LogP contribution in [0.2, 0.25) is 0 Å². The summed E-state index contributed by atoms with van der Waals surface area (Å²) in [6.45, 7) is 7.96. The van der Waals surface area contributed by atoms with E-state index in [-0.39, 0.29) is 0 Å². The average molecular weight is 213 g/mol. The van der Waals surface area contributed by atoms with Crippen molar-refractivity contribution in [3.8, 4) is 0 Å². The van der Waals surface area contributed by atoms with E-state index in [0.29, 0.717) is 18.5 Å². The summed E-state index contributed by atoms with van der Waals surface area (Å²) in [5.74, 6) is 0.578. The molecule has 3 N–H and O–H groups in total. The van der Waals surface area contributed by atoms with Crippen molar-refractivity contribution >= 4 is 11.3 Å². The van der Waals surface area contributed by atoms with Gasteiger partial charge < -0.3 is 11.1 Å². The standard InChI is InChI=1S/C10H19N3S/c1-7(2)10(4-11)13-6-9-5-12-8(3)14-9/h5,7,10,13H,4,6,11H2,1-3H3. The van der Waals surface area contributed by atoms with E-state index in [1.807, 2.05) is 13.1 Å². The Balaban J connectivity index is 2.39. The smallest absolute Gasteiger partial charge is 0.0897 e. The number of nitrogens with two attached hydrogens (primary N) is 1. The molecule has 1 aromatic heterocycles. The fraction of sp³-hybridized carbons (Fsp3) is 0.700. The number of rotatable bonds is 5. The molecule has 1 rings (SSSR count). The number of aryl methyl sites for hydroxylation is 1. The quantitative estimate of drug-likeness (QED) is 0.780. The Hall–Kier alpha value is -0.450. The molecule has 1 atom stereocenters. The van der Waals surface area contributed by atoms with Crippen LogP contribution in [0.5, 0.6) is 0 Å². The molecule has 14 heavy (non-hydrogen) atoms. The molecule has 1 heterocycles. The van der Waals surface area contributed by atoms with Gasteiger partial charge in [0.1, 0.15) is 0 Å². The molecule has 0 aliphatic heterocycles. The van der Waals surface area contributed by atoms with Crippen LogP contribution in [-0.2, 0) is 6.54 Å². The van der Waals surface area contributed by atoms with Crippen molar-refractivity contribution in [3.63, 3.8) is 0 Å². The molecule has 0 spiro atoms. The Labute approximate surface area is 89.7 Å². The third kappa shape index (κ3) is 3.36. The zero-order chi connectivity index (χ0) is 10.6. The maximum absolute atomic E-state index is 5.67. The first-order valence-electron chi connectivity index (χ1n) is 4.98. The summed E-state index contributed by atoms with van der Waals surface area (Å²) >= 11 is 1.74. The van der Waals surface area contributed by atoms with Crippen molar-refractivity contribution in [2.45, 2.75) is 33.4 Å². The molecular formula is C10H19N3S. The summed E-state index contributed by atoms with van der Waals surface area (Å²) in [6, 6.07) is 0.400. The molecule has 0 fully saturated rings. The van der Waals surface area contributed by atoms with E-state index in [1.54, 1.807) is 11.3 Å². The summed E-state index contributed by atoms with van der Waals surface area (Å²) in [4.78, 5) is 5.49. The van der Waals surface area contributed by atoms with Gasteiger partial charge in [0.25, 0.3) is 0 Å². The van der Waals surface area contributed by atoms with E-state index in [1.165, 1.54) is 4.88 Å². The molecule has 1 aromatic rings. The number of nitrogens with zero attached hydrogens (tertiary/aromatic N) is 1. The summed E-state index contributed by atoms with van der Waals surface area (Å²) < 4.78 is 0. The lowest BCUT2D eigenvalue weighted by Gasteiger charge is -2.19. The van der Waals surface area contributed by atoms with Gasteiger partial charge in [-0.2, -0.15) is 0 Å². The van der Waals surface area contributed by atoms with Crippen LogP contribution in [0.15, 0.2) is 6.20 Å². The minimum Gasteiger partial charge on any atom is -0.329 e. The summed E-state index contributed by atoms with van der Waals surface area (Å²) in [5, 5.41) is 4.56. The normalized spacial score (nSPS) is 13.5. The molecule has 3 nitrogen and oxygen atoms in total. The number of aromatic nitrogens is 1. The largest absolute Gasteiger partial charge is 0.329 e. The summed E-state index contributed by atoms with van der Waals surface area (Å²) in [5.41, 5.74) is 5.67. The molecule has 80 valence electrons. The molecule has 0 aliphatic rings. The monoisotopic (exact) mass is 213 g/mol. The minimum absolute atomic E-state index is 0.400. The van der Waals surface area contributed by atoms with Crippen LogP contribution in [0.3, 0.4) is 0 Å². The number of hydrogen-bond donors (Lipinski definition) is 2. The fourth-order valence-corrected chi connectivity index (χ4v) is 2.06. The third-order valence-electron chi connectivity index (χ3n) is 2.27. The zero-order valence-corrected chi connectivity index (χ0v) is 9.90. The highest BCUT2D eigenvalue weighted by molar-refractivity contribution is 7.11. The van der Waals surface area contributed by atoms with E-state index in [2.05, 4.69) is 24.1 Å². The van der Waals surface area contributed by atoms with Gasteiger partial charge in [0.05, 0.1) is 5.01 Å². The maximum Gasteiger partial charge on any atom is 0.0897 e. The highest BCUT2D eigenvalue weighted by Gasteiger charge is 2.10. The molecule has 1 unspecified atom stereocenters. The van der Waals surface area contributed by atoms with Gasteiger partial charge in [0.15, 0.2) is 0 Å². The Morgan fingerprint density at radius 2 is 2.29 bits per heavy atom. The first kappa shape index (κ1) is 11.6. The van der Waals surface area contributed by atoms with E-state index in [4.69, 9.17) is 5.73 Å². The Morgan fingerprint density at radius 1 is 1.57 bits per heavy atom. The van der Waals surface area contributed by atoms with Crippen LogP contribution in [0, 0.1) is 12.8 Å². The summed E-state index contributed by atoms with van der Waals surface area (Å²) in [7, 11) is 0. The molecule has 0 saturated heterocycles. The van der Waals surface area contributed by atoms with Crippen molar-refractivity contribution in [3.05, 3.63) is 16.1 Å². The second-order valence-electron chi connectivity index (χ2n) is 3.81. The first-order chi connectivity index (χ1) is 6.63. The molecular weight excluding hydrogens is 194 g/mol. The lowest BCUT2D eigenvalue weighted by atomic mass is 10.1. The number of nitrogens with one attached hydrogen (secondary N) is 1. The second kappa shape index (κ2) is 5.44. The molecule has 0 amide bonds. The number of hydrogen-bond acceptors (Lipinski definition) is 4. The van der Waals surface area contributed by atoms with Gasteiger partial charge in [0, 0.05) is 30.2 Å². The Morgan fingerprint density at radius 3 is 2.71 bits per heavy atom. The molecule has 0 bridgehead atoms. The van der Waals surface area contributed by atoms with Gasteiger partial charge in [0.2, 0.25) is 0 Å². The summed E-state index contributed by atoms with van der Waals surface area (Å²) in [6.07, 6.45) is 1.93. The highest BCUT2D eigenvalue weighted by atomic mass is 32.1. The molecule has 0 saturated carbocycles. The molecule has 0 aromatic carbocycles. The molecule has 0 aliphatic carbocycles. The Kier molecular flexibility index (Phi) is 4.51. The predicted octanol–water partition coefficient (Wildman–Crippen LogP) is 1.52. The van der Waals surface area contributed by atoms with Crippen LogP contribution in [0.4, 0.5) is 0 Å². The molecule has 4 heteroatoms.